The van der Waals surface area contributed by atoms with Crippen LogP contribution in [-0.2, 0) is 14.4 Å². The van der Waals surface area contributed by atoms with Crippen LogP contribution in [0.4, 0.5) is 9.18 Å². The highest BCUT2D eigenvalue weighted by atomic mass is 35.5. The Bertz CT molecular complexity index is 692. The molecule has 6 nitrogen and oxygen atoms in total. The van der Waals surface area contributed by atoms with Gasteiger partial charge in [-0.25, -0.2) is 14.2 Å². The zero-order chi connectivity index (χ0) is 19.6. The summed E-state index contributed by atoms with van der Waals surface area (Å²) in [7, 11) is 2.86. The number of benzene rings is 1. The number of ether oxygens (including phenoxy) is 1. The SMILES string of the molecule is CON(C)C(=O)[C@H]1CC[C@@H](c2ccc(F)c(Cl)c2)N1C(=O)OC(C)(C)C. The van der Waals surface area contributed by atoms with E-state index in [2.05, 4.69) is 0 Å². The molecule has 1 aliphatic rings. The molecule has 1 fully saturated rings. The molecule has 2 rings (SSSR count). The van der Waals surface area contributed by atoms with Gasteiger partial charge in [0.05, 0.1) is 18.2 Å². The van der Waals surface area contributed by atoms with Gasteiger partial charge in [0.15, 0.2) is 0 Å². The van der Waals surface area contributed by atoms with E-state index in [1.54, 1.807) is 26.8 Å². The smallest absolute Gasteiger partial charge is 0.411 e. The highest BCUT2D eigenvalue weighted by molar-refractivity contribution is 6.30. The Kier molecular flexibility index (Phi) is 6.13. The molecular weight excluding hydrogens is 363 g/mol. The average Bonchev–Trinajstić information content (AvgIpc) is 2.99. The summed E-state index contributed by atoms with van der Waals surface area (Å²) in [6.07, 6.45) is 0.351. The molecule has 1 aliphatic heterocycles. The Morgan fingerprint density at radius 1 is 1.31 bits per heavy atom. The van der Waals surface area contributed by atoms with E-state index in [4.69, 9.17) is 21.2 Å². The predicted octanol–water partition coefficient (Wildman–Crippen LogP) is 3.94. The second-order valence-electron chi connectivity index (χ2n) is 7.19. The molecule has 1 saturated heterocycles. The molecule has 1 aromatic rings. The first-order valence-corrected chi connectivity index (χ1v) is 8.71. The Morgan fingerprint density at radius 2 is 1.96 bits per heavy atom. The van der Waals surface area contributed by atoms with Crippen LogP contribution in [0.1, 0.15) is 45.2 Å². The van der Waals surface area contributed by atoms with Gasteiger partial charge in [0.2, 0.25) is 0 Å². The standard InChI is InChI=1S/C18H24ClFN2O4/c1-18(2,3)26-17(24)22-14(11-6-7-13(20)12(19)10-11)8-9-15(22)16(23)21(4)25-5/h6-7,10,14-15H,8-9H2,1-5H3/t14-,15+/m0/s1. The van der Waals surface area contributed by atoms with Gasteiger partial charge in [0.1, 0.15) is 17.5 Å². The van der Waals surface area contributed by atoms with Crippen LogP contribution >= 0.6 is 11.6 Å². The molecule has 0 spiro atoms. The molecule has 2 atom stereocenters. The Labute approximate surface area is 157 Å². The number of hydroxylamine groups is 2. The summed E-state index contributed by atoms with van der Waals surface area (Å²) in [5, 5.41) is 1.05. The lowest BCUT2D eigenvalue weighted by Crippen LogP contribution is -2.48. The molecule has 1 heterocycles. The molecule has 0 saturated carbocycles. The number of rotatable bonds is 3. The van der Waals surface area contributed by atoms with Crippen molar-refractivity contribution >= 4 is 23.6 Å². The van der Waals surface area contributed by atoms with E-state index in [0.717, 1.165) is 5.06 Å². The molecular formula is C18H24ClFN2O4. The van der Waals surface area contributed by atoms with Crippen LogP contribution in [0.25, 0.3) is 0 Å². The lowest BCUT2D eigenvalue weighted by Gasteiger charge is -2.33. The molecule has 0 bridgehead atoms. The van der Waals surface area contributed by atoms with Gasteiger partial charge in [0, 0.05) is 7.05 Å². The fourth-order valence-corrected chi connectivity index (χ4v) is 3.16. The summed E-state index contributed by atoms with van der Waals surface area (Å²) in [6.45, 7) is 5.26. The number of hydrogen-bond donors (Lipinski definition) is 0. The Morgan fingerprint density at radius 3 is 2.50 bits per heavy atom. The third-order valence-corrected chi connectivity index (χ3v) is 4.48. The maximum absolute atomic E-state index is 13.5. The molecule has 0 unspecified atom stereocenters. The molecule has 0 aromatic heterocycles. The number of amides is 2. The van der Waals surface area contributed by atoms with Gasteiger partial charge in [-0.15, -0.1) is 0 Å². The van der Waals surface area contributed by atoms with Crippen LogP contribution in [0, 0.1) is 5.82 Å². The molecule has 0 radical (unpaired) electrons. The highest BCUT2D eigenvalue weighted by Crippen LogP contribution is 2.39. The Balaban J connectivity index is 2.38. The number of carbonyl (C=O) groups excluding carboxylic acids is 2. The molecule has 144 valence electrons. The normalized spacial score (nSPS) is 20.2. The quantitative estimate of drug-likeness (QED) is 0.738. The van der Waals surface area contributed by atoms with Crippen LogP contribution in [0.3, 0.4) is 0 Å². The first-order valence-electron chi connectivity index (χ1n) is 8.33. The van der Waals surface area contributed by atoms with Crippen molar-refractivity contribution in [3.05, 3.63) is 34.6 Å². The summed E-state index contributed by atoms with van der Waals surface area (Å²) in [6, 6.07) is 3.12. The monoisotopic (exact) mass is 386 g/mol. The maximum Gasteiger partial charge on any atom is 0.411 e. The zero-order valence-corrected chi connectivity index (χ0v) is 16.3. The zero-order valence-electron chi connectivity index (χ0n) is 15.6. The Hall–Kier alpha value is -1.86. The van der Waals surface area contributed by atoms with Gasteiger partial charge in [-0.05, 0) is 51.3 Å². The average molecular weight is 387 g/mol. The fourth-order valence-electron chi connectivity index (χ4n) is 2.97. The highest BCUT2D eigenvalue weighted by Gasteiger charge is 2.44. The van der Waals surface area contributed by atoms with E-state index in [1.807, 2.05) is 0 Å². The van der Waals surface area contributed by atoms with Gasteiger partial charge in [-0.2, -0.15) is 0 Å². The second kappa shape index (κ2) is 7.80. The lowest BCUT2D eigenvalue weighted by atomic mass is 10.0. The van der Waals surface area contributed by atoms with Crippen molar-refractivity contribution in [3.8, 4) is 0 Å². The second-order valence-corrected chi connectivity index (χ2v) is 7.60. The van der Waals surface area contributed by atoms with Crippen LogP contribution in [-0.4, -0.2) is 47.8 Å². The van der Waals surface area contributed by atoms with Crippen molar-refractivity contribution in [2.24, 2.45) is 0 Å². The van der Waals surface area contributed by atoms with E-state index >= 15 is 0 Å². The third-order valence-electron chi connectivity index (χ3n) is 4.19. The van der Waals surface area contributed by atoms with Crippen molar-refractivity contribution in [3.63, 3.8) is 0 Å². The van der Waals surface area contributed by atoms with E-state index in [-0.39, 0.29) is 10.9 Å². The summed E-state index contributed by atoms with van der Waals surface area (Å²) in [5.41, 5.74) is -0.0663. The predicted molar refractivity (Wildman–Crippen MR) is 95.0 cm³/mol. The number of carbonyl (C=O) groups is 2. The first kappa shape index (κ1) is 20.5. The van der Waals surface area contributed by atoms with Gasteiger partial charge >= 0.3 is 6.09 Å². The number of likely N-dealkylation sites (tertiary alicyclic amines) is 1. The first-order chi connectivity index (χ1) is 12.0. The summed E-state index contributed by atoms with van der Waals surface area (Å²) >= 11 is 5.89. The van der Waals surface area contributed by atoms with Crippen molar-refractivity contribution < 1.29 is 23.6 Å². The summed E-state index contributed by atoms with van der Waals surface area (Å²) in [4.78, 5) is 31.8. The van der Waals surface area contributed by atoms with Crippen LogP contribution < -0.4 is 0 Å². The topological polar surface area (TPSA) is 59.1 Å². The number of halogens is 2. The molecule has 1 aromatic carbocycles. The molecule has 0 aliphatic carbocycles. The summed E-state index contributed by atoms with van der Waals surface area (Å²) in [5.74, 6) is -0.891. The van der Waals surface area contributed by atoms with Crippen molar-refractivity contribution in [2.75, 3.05) is 14.2 Å². The maximum atomic E-state index is 13.5. The lowest BCUT2D eigenvalue weighted by molar-refractivity contribution is -0.173. The van der Waals surface area contributed by atoms with E-state index in [9.17, 15) is 14.0 Å². The minimum absolute atomic E-state index is 0.0320. The summed E-state index contributed by atoms with van der Waals surface area (Å²) < 4.78 is 19.0. The molecule has 8 heteroatoms. The van der Waals surface area contributed by atoms with E-state index in [0.29, 0.717) is 18.4 Å². The van der Waals surface area contributed by atoms with Crippen LogP contribution in [0.5, 0.6) is 0 Å². The van der Waals surface area contributed by atoms with Crippen molar-refractivity contribution in [1.29, 1.82) is 0 Å². The number of nitrogens with zero attached hydrogens (tertiary/aromatic N) is 2. The van der Waals surface area contributed by atoms with Gasteiger partial charge in [-0.1, -0.05) is 17.7 Å². The number of hydrogen-bond acceptors (Lipinski definition) is 4. The van der Waals surface area contributed by atoms with E-state index < -0.39 is 29.6 Å². The van der Waals surface area contributed by atoms with Gasteiger partial charge in [-0.3, -0.25) is 14.5 Å². The van der Waals surface area contributed by atoms with Crippen molar-refractivity contribution in [1.82, 2.24) is 9.96 Å². The van der Waals surface area contributed by atoms with Gasteiger partial charge < -0.3 is 4.74 Å². The third kappa shape index (κ3) is 4.45. The van der Waals surface area contributed by atoms with Crippen molar-refractivity contribution in [2.45, 2.75) is 51.3 Å². The largest absolute Gasteiger partial charge is 0.444 e. The molecule has 26 heavy (non-hydrogen) atoms. The number of likely N-dealkylation sites (N-methyl/N-ethyl adjacent to an activating group) is 1. The van der Waals surface area contributed by atoms with Crippen LogP contribution in [0.2, 0.25) is 5.02 Å². The van der Waals surface area contributed by atoms with E-state index in [1.165, 1.54) is 31.2 Å². The molecule has 0 N–H and O–H groups in total. The minimum Gasteiger partial charge on any atom is -0.444 e. The molecule has 2 amide bonds. The minimum atomic E-state index is -0.733. The van der Waals surface area contributed by atoms with Crippen LogP contribution in [0.15, 0.2) is 18.2 Å². The fraction of sp³-hybridized carbons (Fsp3) is 0.556. The van der Waals surface area contributed by atoms with Gasteiger partial charge in [0.25, 0.3) is 5.91 Å².